The topological polar surface area (TPSA) is 40.5 Å². The molecule has 106 valence electrons. The zero-order valence-corrected chi connectivity index (χ0v) is 13.2. The van der Waals surface area contributed by atoms with Crippen LogP contribution in [0.25, 0.3) is 0 Å². The highest BCUT2D eigenvalue weighted by Gasteiger charge is 2.34. The van der Waals surface area contributed by atoms with Crippen LogP contribution < -0.4 is 0 Å². The van der Waals surface area contributed by atoms with E-state index in [-0.39, 0.29) is 11.1 Å². The molecule has 0 saturated carbocycles. The van der Waals surface area contributed by atoms with E-state index in [1.165, 1.54) is 0 Å². The minimum Gasteiger partial charge on any atom is -0.478 e. The molecule has 0 aromatic rings. The Bertz CT molecular complexity index is 315. The van der Waals surface area contributed by atoms with Crippen LogP contribution in [0.1, 0.15) is 68.2 Å². The van der Waals surface area contributed by atoms with E-state index in [1.807, 2.05) is 0 Å². The van der Waals surface area contributed by atoms with Crippen molar-refractivity contribution in [3.05, 3.63) is 11.3 Å². The van der Waals surface area contributed by atoms with Crippen molar-refractivity contribution >= 4 is 5.97 Å². The Balaban J connectivity index is 5.83. The fraction of sp³-hybridized carbons (Fsp3) is 0.800. The van der Waals surface area contributed by atoms with E-state index in [0.717, 1.165) is 18.5 Å². The molecule has 0 aromatic carbocycles. The summed E-state index contributed by atoms with van der Waals surface area (Å²) in [5.41, 5.74) is 1.21. The maximum Gasteiger partial charge on any atom is 0.333 e. The van der Waals surface area contributed by atoms with Gasteiger partial charge in [-0.05, 0) is 54.9 Å². The lowest BCUT2D eigenvalue weighted by molar-refractivity contribution is -0.132. The van der Waals surface area contributed by atoms with Gasteiger partial charge in [0.1, 0.15) is 0 Å². The van der Waals surface area contributed by atoms with E-state index in [4.69, 9.17) is 0 Å². The molecule has 0 saturated heterocycles. The van der Waals surface area contributed by atoms with Gasteiger partial charge in [0.15, 0.2) is 0 Å². The Morgan fingerprint density at radius 2 is 1.44 bits per heavy atom. The zero-order chi connectivity index (χ0) is 14.7. The Hall–Kier alpha value is -0.990. The van der Waals surface area contributed by atoms with E-state index in [9.17, 15) is 9.90 Å². The van der Waals surface area contributed by atoms with Crippen molar-refractivity contribution in [3.8, 4) is 0 Å². The zero-order valence-electron chi connectivity index (χ0n) is 13.2. The molecule has 0 aliphatic heterocycles. The summed E-state index contributed by atoms with van der Waals surface area (Å²) in [5.74, 6) is -0.822. The summed E-state index contributed by atoms with van der Waals surface area (Å²) >= 11 is 0. The highest BCUT2D eigenvalue weighted by atomic mass is 16.4. The smallest absolute Gasteiger partial charge is 0.333 e. The number of hydrogen-bond acceptors (Lipinski definition) is 2. The van der Waals surface area contributed by atoms with Gasteiger partial charge >= 0.3 is 5.97 Å². The third kappa shape index (κ3) is 4.35. The number of allylic oxidation sites excluding steroid dienone is 1. The average molecular weight is 255 g/mol. The van der Waals surface area contributed by atoms with Gasteiger partial charge in [-0.2, -0.15) is 0 Å². The maximum absolute atomic E-state index is 11.3. The molecule has 0 spiro atoms. The Kier molecular flexibility index (Phi) is 5.45. The van der Waals surface area contributed by atoms with Crippen molar-refractivity contribution in [2.75, 3.05) is 0 Å². The standard InChI is InChI=1S/C15H29NO2/c1-9-10-12(11(2)13(17)18)16(14(3,4)5)15(6,7)8/h9-10H2,1-8H3,(H,17,18)/b12-11+. The molecule has 18 heavy (non-hydrogen) atoms. The van der Waals surface area contributed by atoms with Crippen molar-refractivity contribution in [2.24, 2.45) is 0 Å². The fourth-order valence-corrected chi connectivity index (χ4v) is 2.64. The maximum atomic E-state index is 11.3. The first kappa shape index (κ1) is 17.0. The van der Waals surface area contributed by atoms with Gasteiger partial charge in [0, 0.05) is 16.8 Å². The number of carboxylic acid groups (broad SMARTS) is 1. The molecule has 0 aliphatic rings. The molecule has 0 aliphatic carbocycles. The highest BCUT2D eigenvalue weighted by Crippen LogP contribution is 2.33. The summed E-state index contributed by atoms with van der Waals surface area (Å²) < 4.78 is 0. The van der Waals surface area contributed by atoms with Gasteiger partial charge in [-0.25, -0.2) is 4.79 Å². The Morgan fingerprint density at radius 1 is 1.06 bits per heavy atom. The van der Waals surface area contributed by atoms with E-state index in [0.29, 0.717) is 5.57 Å². The first-order chi connectivity index (χ1) is 7.92. The number of carbonyl (C=O) groups is 1. The first-order valence-electron chi connectivity index (χ1n) is 6.66. The van der Waals surface area contributed by atoms with Gasteiger partial charge < -0.3 is 10.0 Å². The molecule has 0 unspecified atom stereocenters. The third-order valence-corrected chi connectivity index (χ3v) is 2.85. The van der Waals surface area contributed by atoms with Crippen LogP contribution in [-0.4, -0.2) is 27.1 Å². The molecule has 0 heterocycles. The molecule has 0 amide bonds. The number of aliphatic carboxylic acids is 1. The second kappa shape index (κ2) is 5.77. The molecule has 0 radical (unpaired) electrons. The summed E-state index contributed by atoms with van der Waals surface area (Å²) in [4.78, 5) is 13.5. The van der Waals surface area contributed by atoms with Crippen LogP contribution in [0.4, 0.5) is 0 Å². The van der Waals surface area contributed by atoms with Crippen LogP contribution in [-0.2, 0) is 4.79 Å². The fourth-order valence-electron chi connectivity index (χ4n) is 2.64. The second-order valence-corrected chi connectivity index (χ2v) is 6.80. The minimum atomic E-state index is -0.822. The van der Waals surface area contributed by atoms with Gasteiger partial charge in [-0.1, -0.05) is 13.3 Å². The summed E-state index contributed by atoms with van der Waals surface area (Å²) in [6, 6.07) is 0. The van der Waals surface area contributed by atoms with Crippen molar-refractivity contribution in [1.29, 1.82) is 0 Å². The van der Waals surface area contributed by atoms with Crippen molar-refractivity contribution in [2.45, 2.75) is 79.3 Å². The molecule has 0 fully saturated rings. The molecular formula is C15H29NO2. The minimum absolute atomic E-state index is 0.0978. The molecule has 1 N–H and O–H groups in total. The largest absolute Gasteiger partial charge is 0.478 e. The van der Waals surface area contributed by atoms with Gasteiger partial charge in [0.25, 0.3) is 0 Å². The van der Waals surface area contributed by atoms with Crippen molar-refractivity contribution in [3.63, 3.8) is 0 Å². The van der Waals surface area contributed by atoms with Gasteiger partial charge in [0.2, 0.25) is 0 Å². The molecular weight excluding hydrogens is 226 g/mol. The molecule has 3 heteroatoms. The Morgan fingerprint density at radius 3 is 1.67 bits per heavy atom. The average Bonchev–Trinajstić information content (AvgIpc) is 2.11. The van der Waals surface area contributed by atoms with E-state index < -0.39 is 5.97 Å². The van der Waals surface area contributed by atoms with E-state index in [2.05, 4.69) is 53.4 Å². The lowest BCUT2D eigenvalue weighted by Crippen LogP contribution is -2.52. The predicted molar refractivity (Wildman–Crippen MR) is 76.6 cm³/mol. The SMILES string of the molecule is CCC/C(=C(/C)C(=O)O)N(C(C)(C)C)C(C)(C)C. The summed E-state index contributed by atoms with van der Waals surface area (Å²) in [6.45, 7) is 16.6. The monoisotopic (exact) mass is 255 g/mol. The van der Waals surface area contributed by atoms with E-state index >= 15 is 0 Å². The van der Waals surface area contributed by atoms with Crippen LogP contribution in [0.3, 0.4) is 0 Å². The van der Waals surface area contributed by atoms with Crippen LogP contribution in [0, 0.1) is 0 Å². The Labute approximate surface area is 112 Å². The number of carboxylic acids is 1. The lowest BCUT2D eigenvalue weighted by Gasteiger charge is -2.49. The highest BCUT2D eigenvalue weighted by molar-refractivity contribution is 5.86. The van der Waals surface area contributed by atoms with Crippen LogP contribution in [0.15, 0.2) is 11.3 Å². The van der Waals surface area contributed by atoms with Gasteiger partial charge in [0.05, 0.1) is 5.57 Å². The third-order valence-electron chi connectivity index (χ3n) is 2.85. The van der Waals surface area contributed by atoms with Crippen molar-refractivity contribution in [1.82, 2.24) is 4.90 Å². The van der Waals surface area contributed by atoms with Gasteiger partial charge in [-0.3, -0.25) is 0 Å². The van der Waals surface area contributed by atoms with Crippen molar-refractivity contribution < 1.29 is 9.90 Å². The molecule has 0 rings (SSSR count). The quantitative estimate of drug-likeness (QED) is 0.771. The summed E-state index contributed by atoms with van der Waals surface area (Å²) in [5, 5.41) is 9.27. The lowest BCUT2D eigenvalue weighted by atomic mass is 9.92. The molecule has 0 aromatic heterocycles. The first-order valence-corrected chi connectivity index (χ1v) is 6.66. The van der Waals surface area contributed by atoms with Crippen LogP contribution >= 0.6 is 0 Å². The number of nitrogens with zero attached hydrogens (tertiary/aromatic N) is 1. The van der Waals surface area contributed by atoms with Gasteiger partial charge in [-0.15, -0.1) is 0 Å². The normalized spacial score (nSPS) is 14.2. The van der Waals surface area contributed by atoms with Crippen LogP contribution in [0.5, 0.6) is 0 Å². The summed E-state index contributed by atoms with van der Waals surface area (Å²) in [6.07, 6.45) is 1.75. The second-order valence-electron chi connectivity index (χ2n) is 6.80. The summed E-state index contributed by atoms with van der Waals surface area (Å²) in [7, 11) is 0. The van der Waals surface area contributed by atoms with Crippen LogP contribution in [0.2, 0.25) is 0 Å². The molecule has 0 bridgehead atoms. The van der Waals surface area contributed by atoms with E-state index in [1.54, 1.807) is 6.92 Å². The number of hydrogen-bond donors (Lipinski definition) is 1. The molecule has 0 atom stereocenters. The number of rotatable bonds is 4. The molecule has 3 nitrogen and oxygen atoms in total. The predicted octanol–water partition coefficient (Wildman–Crippen LogP) is 4.04.